The standard InChI is InChI=1S/C21H25.C15H14.C5H5.2ClH.Hf/c1-20(2,3)16-7-9-18-14(12-16)11-15-13-17(21(4,5)6)8-10-19(15)18;1-12-5-3-7-14(9-12)11-15-8-4-6-13(2)10-15;1-2-4-5-3-1;;;/h7-13H,1-6H3;3-10H,1-2H3;1-3H,4H2;2*1H;/q;;;;;+2/p-2. The van der Waals surface area contributed by atoms with Gasteiger partial charge in [-0.2, -0.15) is 0 Å². The first-order chi connectivity index (χ1) is 19.9. The molecule has 0 unspecified atom stereocenters. The van der Waals surface area contributed by atoms with Crippen molar-refractivity contribution in [2.24, 2.45) is 0 Å². The van der Waals surface area contributed by atoms with E-state index in [9.17, 15) is 0 Å². The van der Waals surface area contributed by atoms with Gasteiger partial charge in [0, 0.05) is 0 Å². The zero-order chi connectivity index (χ0) is 29.8. The van der Waals surface area contributed by atoms with Gasteiger partial charge in [-0.3, -0.25) is 0 Å². The van der Waals surface area contributed by atoms with Crippen LogP contribution in [0, 0.1) is 13.8 Å². The Hall–Kier alpha value is -2.32. The van der Waals surface area contributed by atoms with Crippen LogP contribution in [0.1, 0.15) is 96.1 Å². The minimum Gasteiger partial charge on any atom is -1.00 e. The summed E-state index contributed by atoms with van der Waals surface area (Å²) in [5.74, 6) is 0. The van der Waals surface area contributed by atoms with Crippen LogP contribution in [0.15, 0.2) is 106 Å². The van der Waals surface area contributed by atoms with E-state index in [4.69, 9.17) is 0 Å². The minimum absolute atomic E-state index is 0. The van der Waals surface area contributed by atoms with Crippen LogP contribution in [-0.2, 0) is 31.8 Å². The Bertz CT molecular complexity index is 1680. The van der Waals surface area contributed by atoms with E-state index in [0.29, 0.717) is 3.67 Å². The molecule has 0 radical (unpaired) electrons. The van der Waals surface area contributed by atoms with E-state index < -0.39 is 21.0 Å². The van der Waals surface area contributed by atoms with Crippen molar-refractivity contribution in [2.45, 2.75) is 76.3 Å². The first-order valence-electron chi connectivity index (χ1n) is 15.5. The molecule has 0 saturated heterocycles. The second-order valence-electron chi connectivity index (χ2n) is 14.4. The second-order valence-corrected chi connectivity index (χ2v) is 23.5. The van der Waals surface area contributed by atoms with Crippen LogP contribution in [0.2, 0.25) is 0 Å². The average Bonchev–Trinajstić information content (AvgIpc) is 3.57. The third kappa shape index (κ3) is 6.62. The maximum atomic E-state index is 2.59. The molecule has 2 aliphatic carbocycles. The number of aryl methyl sites for hydroxylation is 2. The molecule has 0 N–H and O–H groups in total. The summed E-state index contributed by atoms with van der Waals surface area (Å²) < 4.78 is 3.80. The molecular formula is C41H44Cl2Hf. The van der Waals surface area contributed by atoms with Gasteiger partial charge in [0.25, 0.3) is 0 Å². The van der Waals surface area contributed by atoms with Crippen molar-refractivity contribution in [1.29, 1.82) is 0 Å². The predicted octanol–water partition coefficient (Wildman–Crippen LogP) is 4.71. The molecule has 4 aromatic carbocycles. The van der Waals surface area contributed by atoms with Crippen molar-refractivity contribution in [3.05, 3.63) is 151 Å². The summed E-state index contributed by atoms with van der Waals surface area (Å²) in [6, 6.07) is 33.5. The molecule has 0 heterocycles. The van der Waals surface area contributed by atoms with Gasteiger partial charge in [-0.05, 0) is 0 Å². The van der Waals surface area contributed by atoms with Crippen LogP contribution < -0.4 is 24.8 Å². The molecule has 0 saturated carbocycles. The predicted molar refractivity (Wildman–Crippen MR) is 179 cm³/mol. The molecule has 0 aliphatic heterocycles. The van der Waals surface area contributed by atoms with Crippen LogP contribution in [0.4, 0.5) is 0 Å². The van der Waals surface area contributed by atoms with E-state index in [-0.39, 0.29) is 35.6 Å². The number of allylic oxidation sites excluding steroid dienone is 4. The molecule has 2 aliphatic rings. The van der Waals surface area contributed by atoms with Gasteiger partial charge in [0.1, 0.15) is 0 Å². The Kier molecular flexibility index (Phi) is 10.4. The first-order valence-corrected chi connectivity index (χ1v) is 21.1. The van der Waals surface area contributed by atoms with Crippen LogP contribution in [0.5, 0.6) is 0 Å². The molecule has 0 fully saturated rings. The molecule has 0 aromatic heterocycles. The molecule has 0 amide bonds. The third-order valence-corrected chi connectivity index (χ3v) is 21.2. The first kappa shape index (κ1) is 34.6. The fraction of sp³-hybridized carbons (Fsp3) is 0.293. The van der Waals surface area contributed by atoms with E-state index in [0.717, 1.165) is 6.42 Å². The fourth-order valence-corrected chi connectivity index (χ4v) is 19.8. The van der Waals surface area contributed by atoms with E-state index in [1.807, 2.05) is 0 Å². The summed E-state index contributed by atoms with van der Waals surface area (Å²) in [6.07, 6.45) is 8.28. The molecular weight excluding hydrogens is 742 g/mol. The zero-order valence-electron chi connectivity index (χ0n) is 27.4. The van der Waals surface area contributed by atoms with Crippen molar-refractivity contribution in [3.8, 4) is 11.1 Å². The molecule has 4 aromatic rings. The van der Waals surface area contributed by atoms with E-state index >= 15 is 0 Å². The molecule has 0 nitrogen and oxygen atoms in total. The Morgan fingerprint density at radius 1 is 0.636 bits per heavy atom. The van der Waals surface area contributed by atoms with Crippen LogP contribution in [0.3, 0.4) is 0 Å². The number of hydrogen-bond donors (Lipinski definition) is 0. The van der Waals surface area contributed by atoms with E-state index in [1.54, 1.807) is 17.7 Å². The minimum atomic E-state index is -2.95. The average molecular weight is 786 g/mol. The Morgan fingerprint density at radius 2 is 1.11 bits per heavy atom. The molecule has 44 heavy (non-hydrogen) atoms. The molecule has 0 bridgehead atoms. The number of rotatable bonds is 4. The van der Waals surface area contributed by atoms with Crippen molar-refractivity contribution < 1.29 is 45.8 Å². The summed E-state index contributed by atoms with van der Waals surface area (Å²) in [5, 5.41) is 0. The summed E-state index contributed by atoms with van der Waals surface area (Å²) in [6.45, 7) is 18.6. The van der Waals surface area contributed by atoms with Crippen LogP contribution in [0.25, 0.3) is 11.1 Å². The van der Waals surface area contributed by atoms with Gasteiger partial charge >= 0.3 is 263 Å². The van der Waals surface area contributed by atoms with Crippen LogP contribution >= 0.6 is 0 Å². The molecule has 0 spiro atoms. The van der Waals surface area contributed by atoms with E-state index in [2.05, 4.69) is 159 Å². The smallest absolute Gasteiger partial charge is 1.00 e. The number of halogens is 2. The normalized spacial score (nSPS) is 13.7. The quantitative estimate of drug-likeness (QED) is 0.264. The van der Waals surface area contributed by atoms with Crippen LogP contribution in [-0.4, -0.2) is 3.26 Å². The molecule has 226 valence electrons. The number of hydrogen-bond acceptors (Lipinski definition) is 0. The summed E-state index contributed by atoms with van der Waals surface area (Å²) in [4.78, 5) is 0. The van der Waals surface area contributed by atoms with Crippen molar-refractivity contribution in [3.63, 3.8) is 0 Å². The van der Waals surface area contributed by atoms with Gasteiger partial charge in [-0.25, -0.2) is 0 Å². The van der Waals surface area contributed by atoms with E-state index in [1.165, 1.54) is 44.5 Å². The van der Waals surface area contributed by atoms with Crippen molar-refractivity contribution >= 4 is 3.26 Å². The number of benzene rings is 4. The molecule has 6 rings (SSSR count). The van der Waals surface area contributed by atoms with Gasteiger partial charge in [-0.15, -0.1) is 0 Å². The monoisotopic (exact) mass is 786 g/mol. The third-order valence-electron chi connectivity index (χ3n) is 9.04. The second kappa shape index (κ2) is 13.2. The number of fused-ring (bicyclic) bond motifs is 3. The summed E-state index contributed by atoms with van der Waals surface area (Å²) in [7, 11) is 0. The van der Waals surface area contributed by atoms with Crippen molar-refractivity contribution in [1.82, 2.24) is 0 Å². The summed E-state index contributed by atoms with van der Waals surface area (Å²) >= 11 is -2.95. The van der Waals surface area contributed by atoms with Gasteiger partial charge in [-0.1, -0.05) is 0 Å². The molecule has 3 heteroatoms. The van der Waals surface area contributed by atoms with Gasteiger partial charge in [0.2, 0.25) is 0 Å². The Morgan fingerprint density at radius 3 is 1.50 bits per heavy atom. The maximum absolute atomic E-state index is 2.95. The molecule has 0 atom stereocenters. The fourth-order valence-electron chi connectivity index (χ4n) is 6.72. The Labute approximate surface area is 285 Å². The van der Waals surface area contributed by atoms with Gasteiger partial charge in [0.05, 0.1) is 0 Å². The maximum Gasteiger partial charge on any atom is -1.00 e. The van der Waals surface area contributed by atoms with Gasteiger partial charge < -0.3 is 24.8 Å². The summed E-state index contributed by atoms with van der Waals surface area (Å²) in [5.41, 5.74) is 14.6. The largest absolute Gasteiger partial charge is 1.00 e. The SMILES string of the molecule is Cc1cccc([C](c2cccc(C)c2)=[Hf+2]([C]2=CC=CC2)[CH]2c3cc(C(C)(C)C)ccc3-c3ccc(C(C)(C)C)cc32)c1.[Cl-].[Cl-]. The topological polar surface area (TPSA) is 0 Å². The van der Waals surface area contributed by atoms with Crippen molar-refractivity contribution in [2.75, 3.05) is 0 Å². The zero-order valence-corrected chi connectivity index (χ0v) is 32.5. The van der Waals surface area contributed by atoms with Gasteiger partial charge in [0.15, 0.2) is 0 Å². The Balaban J connectivity index is 0.00000221.